The van der Waals surface area contributed by atoms with Crippen molar-refractivity contribution in [2.24, 2.45) is 5.73 Å². The van der Waals surface area contributed by atoms with E-state index in [4.69, 9.17) is 10.5 Å². The molecule has 0 amide bonds. The van der Waals surface area contributed by atoms with Gasteiger partial charge in [-0.05, 0) is 18.9 Å². The molecule has 94 valence electrons. The SMILES string of the molecule is CC1CN(CC(N)Cc2ccccc2)CCO1. The van der Waals surface area contributed by atoms with Gasteiger partial charge < -0.3 is 10.5 Å². The first-order valence-electron chi connectivity index (χ1n) is 6.37. The van der Waals surface area contributed by atoms with E-state index < -0.39 is 0 Å². The molecule has 0 saturated carbocycles. The number of benzene rings is 1. The maximum atomic E-state index is 6.20. The number of nitrogens with two attached hydrogens (primary N) is 1. The van der Waals surface area contributed by atoms with Crippen LogP contribution in [0.2, 0.25) is 0 Å². The molecule has 2 rings (SSSR count). The monoisotopic (exact) mass is 234 g/mol. The molecule has 2 unspecified atom stereocenters. The van der Waals surface area contributed by atoms with Crippen LogP contribution < -0.4 is 5.73 Å². The smallest absolute Gasteiger partial charge is 0.0674 e. The van der Waals surface area contributed by atoms with Crippen LogP contribution in [0.25, 0.3) is 0 Å². The molecule has 17 heavy (non-hydrogen) atoms. The van der Waals surface area contributed by atoms with Gasteiger partial charge in [0.2, 0.25) is 0 Å². The van der Waals surface area contributed by atoms with Crippen molar-refractivity contribution in [3.05, 3.63) is 35.9 Å². The van der Waals surface area contributed by atoms with Crippen molar-refractivity contribution in [3.63, 3.8) is 0 Å². The van der Waals surface area contributed by atoms with E-state index in [1.807, 2.05) is 6.07 Å². The molecule has 0 spiro atoms. The Morgan fingerprint density at radius 1 is 1.41 bits per heavy atom. The van der Waals surface area contributed by atoms with Gasteiger partial charge in [0.1, 0.15) is 0 Å². The third kappa shape index (κ3) is 4.11. The van der Waals surface area contributed by atoms with Gasteiger partial charge in [0.15, 0.2) is 0 Å². The quantitative estimate of drug-likeness (QED) is 0.853. The second-order valence-corrected chi connectivity index (χ2v) is 4.89. The predicted octanol–water partition coefficient (Wildman–Crippen LogP) is 1.28. The average Bonchev–Trinajstić information content (AvgIpc) is 2.30. The van der Waals surface area contributed by atoms with Crippen molar-refractivity contribution in [3.8, 4) is 0 Å². The van der Waals surface area contributed by atoms with E-state index in [0.29, 0.717) is 6.10 Å². The Morgan fingerprint density at radius 3 is 2.88 bits per heavy atom. The highest BCUT2D eigenvalue weighted by molar-refractivity contribution is 5.15. The molecule has 1 heterocycles. The number of ether oxygens (including phenoxy) is 1. The Hall–Kier alpha value is -0.900. The lowest BCUT2D eigenvalue weighted by Gasteiger charge is -2.32. The topological polar surface area (TPSA) is 38.5 Å². The minimum Gasteiger partial charge on any atom is -0.376 e. The third-order valence-electron chi connectivity index (χ3n) is 3.16. The molecule has 2 N–H and O–H groups in total. The molecule has 3 heteroatoms. The summed E-state index contributed by atoms with van der Waals surface area (Å²) >= 11 is 0. The Labute approximate surface area is 104 Å². The van der Waals surface area contributed by atoms with Gasteiger partial charge in [0.05, 0.1) is 12.7 Å². The minimum absolute atomic E-state index is 0.211. The standard InChI is InChI=1S/C14H22N2O/c1-12-10-16(7-8-17-12)11-14(15)9-13-5-3-2-4-6-13/h2-6,12,14H,7-11,15H2,1H3. The van der Waals surface area contributed by atoms with Crippen molar-refractivity contribution in [2.45, 2.75) is 25.5 Å². The molecule has 1 saturated heterocycles. The van der Waals surface area contributed by atoms with Gasteiger partial charge in [0.25, 0.3) is 0 Å². The summed E-state index contributed by atoms with van der Waals surface area (Å²) in [6.45, 7) is 5.92. The van der Waals surface area contributed by atoms with Gasteiger partial charge in [0, 0.05) is 25.7 Å². The lowest BCUT2D eigenvalue weighted by Crippen LogP contribution is -2.47. The molecule has 3 nitrogen and oxygen atoms in total. The van der Waals surface area contributed by atoms with E-state index in [2.05, 4.69) is 36.1 Å². The highest BCUT2D eigenvalue weighted by Crippen LogP contribution is 2.07. The zero-order valence-electron chi connectivity index (χ0n) is 10.5. The van der Waals surface area contributed by atoms with E-state index in [-0.39, 0.29) is 6.04 Å². The lowest BCUT2D eigenvalue weighted by molar-refractivity contribution is -0.0198. The largest absolute Gasteiger partial charge is 0.376 e. The number of nitrogens with zero attached hydrogens (tertiary/aromatic N) is 1. The minimum atomic E-state index is 0.211. The van der Waals surface area contributed by atoms with Gasteiger partial charge in [-0.1, -0.05) is 30.3 Å². The van der Waals surface area contributed by atoms with E-state index in [0.717, 1.165) is 32.7 Å². The molecule has 1 aliphatic heterocycles. The highest BCUT2D eigenvalue weighted by Gasteiger charge is 2.18. The second-order valence-electron chi connectivity index (χ2n) is 4.89. The Bertz CT molecular complexity index is 328. The fourth-order valence-electron chi connectivity index (χ4n) is 2.37. The van der Waals surface area contributed by atoms with Crippen molar-refractivity contribution >= 4 is 0 Å². The first-order chi connectivity index (χ1) is 8.24. The Balaban J connectivity index is 1.79. The van der Waals surface area contributed by atoms with Gasteiger partial charge >= 0.3 is 0 Å². The summed E-state index contributed by atoms with van der Waals surface area (Å²) in [5, 5.41) is 0. The lowest BCUT2D eigenvalue weighted by atomic mass is 10.1. The first-order valence-corrected chi connectivity index (χ1v) is 6.37. The first kappa shape index (κ1) is 12.6. The summed E-state index contributed by atoms with van der Waals surface area (Å²) < 4.78 is 5.53. The molecule has 0 bridgehead atoms. The van der Waals surface area contributed by atoms with E-state index in [9.17, 15) is 0 Å². The molecule has 1 fully saturated rings. The second kappa shape index (κ2) is 6.15. The van der Waals surface area contributed by atoms with Crippen LogP contribution in [0.3, 0.4) is 0 Å². The summed E-state index contributed by atoms with van der Waals surface area (Å²) in [5.74, 6) is 0. The molecular weight excluding hydrogens is 212 g/mol. The average molecular weight is 234 g/mol. The van der Waals surface area contributed by atoms with Crippen LogP contribution >= 0.6 is 0 Å². The summed E-state index contributed by atoms with van der Waals surface area (Å²) in [7, 11) is 0. The molecule has 0 aromatic heterocycles. The number of hydrogen-bond acceptors (Lipinski definition) is 3. The van der Waals surface area contributed by atoms with Crippen LogP contribution in [0.4, 0.5) is 0 Å². The van der Waals surface area contributed by atoms with Crippen molar-refractivity contribution in [1.29, 1.82) is 0 Å². The Kier molecular flexibility index (Phi) is 4.54. The van der Waals surface area contributed by atoms with Crippen LogP contribution in [-0.2, 0) is 11.2 Å². The van der Waals surface area contributed by atoms with Crippen LogP contribution in [0.1, 0.15) is 12.5 Å². The summed E-state index contributed by atoms with van der Waals surface area (Å²) in [6.07, 6.45) is 1.29. The zero-order valence-corrected chi connectivity index (χ0v) is 10.5. The molecular formula is C14H22N2O. The molecule has 2 atom stereocenters. The van der Waals surface area contributed by atoms with Crippen molar-refractivity contribution in [1.82, 2.24) is 4.90 Å². The predicted molar refractivity (Wildman–Crippen MR) is 70.0 cm³/mol. The fraction of sp³-hybridized carbons (Fsp3) is 0.571. The van der Waals surface area contributed by atoms with Gasteiger partial charge in [-0.15, -0.1) is 0 Å². The van der Waals surface area contributed by atoms with Gasteiger partial charge in [-0.3, -0.25) is 4.90 Å². The van der Waals surface area contributed by atoms with Crippen LogP contribution in [0.5, 0.6) is 0 Å². The van der Waals surface area contributed by atoms with Crippen molar-refractivity contribution < 1.29 is 4.74 Å². The van der Waals surface area contributed by atoms with Crippen LogP contribution in [-0.4, -0.2) is 43.3 Å². The normalized spacial score (nSPS) is 23.5. The number of hydrogen-bond donors (Lipinski definition) is 1. The fourth-order valence-corrected chi connectivity index (χ4v) is 2.37. The molecule has 1 aromatic carbocycles. The third-order valence-corrected chi connectivity index (χ3v) is 3.16. The molecule has 1 aliphatic rings. The number of morpholine rings is 1. The molecule has 0 aliphatic carbocycles. The Morgan fingerprint density at radius 2 is 2.18 bits per heavy atom. The maximum Gasteiger partial charge on any atom is 0.0674 e. The van der Waals surface area contributed by atoms with Crippen LogP contribution in [0, 0.1) is 0 Å². The van der Waals surface area contributed by atoms with E-state index in [1.54, 1.807) is 0 Å². The summed E-state index contributed by atoms with van der Waals surface area (Å²) in [4.78, 5) is 2.40. The maximum absolute atomic E-state index is 6.20. The van der Waals surface area contributed by atoms with Crippen molar-refractivity contribution in [2.75, 3.05) is 26.2 Å². The van der Waals surface area contributed by atoms with Gasteiger partial charge in [-0.2, -0.15) is 0 Å². The summed E-state index contributed by atoms with van der Waals surface area (Å²) in [6, 6.07) is 10.7. The van der Waals surface area contributed by atoms with Gasteiger partial charge in [-0.25, -0.2) is 0 Å². The van der Waals surface area contributed by atoms with E-state index in [1.165, 1.54) is 5.56 Å². The molecule has 0 radical (unpaired) electrons. The highest BCUT2D eigenvalue weighted by atomic mass is 16.5. The number of rotatable bonds is 4. The summed E-state index contributed by atoms with van der Waals surface area (Å²) in [5.41, 5.74) is 7.52. The van der Waals surface area contributed by atoms with Crippen LogP contribution in [0.15, 0.2) is 30.3 Å². The van der Waals surface area contributed by atoms with E-state index >= 15 is 0 Å². The zero-order chi connectivity index (χ0) is 12.1. The molecule has 1 aromatic rings.